The summed E-state index contributed by atoms with van der Waals surface area (Å²) in [7, 11) is 0. The standard InChI is InChI=1S/C13H16N2O/c1-3-4-5-12-10(2)16-8-13(12)11-6-14-9-15-7-11/h6-9H,3-5H2,1-2H3. The van der Waals surface area contributed by atoms with Gasteiger partial charge in [0.25, 0.3) is 0 Å². The molecule has 2 aromatic rings. The SMILES string of the molecule is CCCCc1c(-c2cncnc2)coc1C. The van der Waals surface area contributed by atoms with Crippen molar-refractivity contribution in [1.82, 2.24) is 9.97 Å². The van der Waals surface area contributed by atoms with E-state index in [4.69, 9.17) is 4.42 Å². The van der Waals surface area contributed by atoms with Crippen molar-refractivity contribution >= 4 is 0 Å². The molecule has 0 saturated heterocycles. The normalized spacial score (nSPS) is 10.6. The maximum absolute atomic E-state index is 5.49. The van der Waals surface area contributed by atoms with Crippen molar-refractivity contribution in [3.8, 4) is 11.1 Å². The highest BCUT2D eigenvalue weighted by Crippen LogP contribution is 2.28. The van der Waals surface area contributed by atoms with Crippen LogP contribution in [0.1, 0.15) is 31.1 Å². The van der Waals surface area contributed by atoms with Gasteiger partial charge in [-0.05, 0) is 19.8 Å². The van der Waals surface area contributed by atoms with E-state index >= 15 is 0 Å². The van der Waals surface area contributed by atoms with E-state index in [1.807, 2.05) is 19.3 Å². The zero-order valence-corrected chi connectivity index (χ0v) is 9.73. The Morgan fingerprint density at radius 3 is 2.69 bits per heavy atom. The van der Waals surface area contributed by atoms with Crippen molar-refractivity contribution in [2.24, 2.45) is 0 Å². The summed E-state index contributed by atoms with van der Waals surface area (Å²) in [6, 6.07) is 0. The monoisotopic (exact) mass is 216 g/mol. The first-order valence-electron chi connectivity index (χ1n) is 5.65. The fourth-order valence-electron chi connectivity index (χ4n) is 1.82. The molecule has 2 aromatic heterocycles. The first kappa shape index (κ1) is 10.9. The van der Waals surface area contributed by atoms with E-state index in [-0.39, 0.29) is 0 Å². The summed E-state index contributed by atoms with van der Waals surface area (Å²) >= 11 is 0. The number of nitrogens with zero attached hydrogens (tertiary/aromatic N) is 2. The van der Waals surface area contributed by atoms with E-state index < -0.39 is 0 Å². The number of rotatable bonds is 4. The van der Waals surface area contributed by atoms with Crippen molar-refractivity contribution in [2.45, 2.75) is 33.1 Å². The average molecular weight is 216 g/mol. The van der Waals surface area contributed by atoms with Gasteiger partial charge in [-0.3, -0.25) is 0 Å². The van der Waals surface area contributed by atoms with Crippen LogP contribution in [0.3, 0.4) is 0 Å². The number of hydrogen-bond acceptors (Lipinski definition) is 3. The summed E-state index contributed by atoms with van der Waals surface area (Å²) in [5.41, 5.74) is 3.45. The largest absolute Gasteiger partial charge is 0.469 e. The average Bonchev–Trinajstić information content (AvgIpc) is 2.69. The molecule has 0 atom stereocenters. The Labute approximate surface area is 95.5 Å². The smallest absolute Gasteiger partial charge is 0.115 e. The molecule has 0 aliphatic rings. The van der Waals surface area contributed by atoms with Crippen LogP contribution in [0.25, 0.3) is 11.1 Å². The first-order chi connectivity index (χ1) is 7.83. The number of furan rings is 1. The van der Waals surface area contributed by atoms with E-state index in [1.165, 1.54) is 18.4 Å². The molecule has 2 heterocycles. The van der Waals surface area contributed by atoms with E-state index in [0.29, 0.717) is 0 Å². The van der Waals surface area contributed by atoms with Gasteiger partial charge in [-0.1, -0.05) is 13.3 Å². The molecule has 0 fully saturated rings. The van der Waals surface area contributed by atoms with Gasteiger partial charge in [-0.25, -0.2) is 9.97 Å². The quantitative estimate of drug-likeness (QED) is 0.786. The molecular weight excluding hydrogens is 200 g/mol. The molecule has 0 spiro atoms. The predicted molar refractivity (Wildman–Crippen MR) is 63.1 cm³/mol. The lowest BCUT2D eigenvalue weighted by molar-refractivity contribution is 0.529. The zero-order chi connectivity index (χ0) is 11.4. The molecule has 3 nitrogen and oxygen atoms in total. The Bertz CT molecular complexity index is 448. The van der Waals surface area contributed by atoms with Crippen molar-refractivity contribution in [2.75, 3.05) is 0 Å². The van der Waals surface area contributed by atoms with Crippen LogP contribution < -0.4 is 0 Å². The molecule has 0 amide bonds. The minimum atomic E-state index is 1.01. The molecule has 84 valence electrons. The number of aromatic nitrogens is 2. The predicted octanol–water partition coefficient (Wildman–Crippen LogP) is 3.39. The van der Waals surface area contributed by atoms with Crippen LogP contribution >= 0.6 is 0 Å². The molecule has 0 saturated carbocycles. The molecule has 0 radical (unpaired) electrons. The second kappa shape index (κ2) is 4.92. The maximum atomic E-state index is 5.49. The maximum Gasteiger partial charge on any atom is 0.115 e. The minimum absolute atomic E-state index is 1.01. The number of unbranched alkanes of at least 4 members (excludes halogenated alkanes) is 1. The molecular formula is C13H16N2O. The second-order valence-corrected chi connectivity index (χ2v) is 3.91. The molecule has 16 heavy (non-hydrogen) atoms. The Hall–Kier alpha value is -1.64. The summed E-state index contributed by atoms with van der Waals surface area (Å²) in [4.78, 5) is 8.08. The van der Waals surface area contributed by atoms with Crippen LogP contribution in [-0.4, -0.2) is 9.97 Å². The molecule has 3 heteroatoms. The van der Waals surface area contributed by atoms with Crippen molar-refractivity contribution in [3.05, 3.63) is 36.3 Å². The topological polar surface area (TPSA) is 38.9 Å². The molecule has 0 bridgehead atoms. The van der Waals surface area contributed by atoms with E-state index in [9.17, 15) is 0 Å². The minimum Gasteiger partial charge on any atom is -0.469 e. The molecule has 0 N–H and O–H groups in total. The zero-order valence-electron chi connectivity index (χ0n) is 9.73. The van der Waals surface area contributed by atoms with Crippen LogP contribution in [0, 0.1) is 6.92 Å². The lowest BCUT2D eigenvalue weighted by Gasteiger charge is -2.02. The van der Waals surface area contributed by atoms with Gasteiger partial charge in [-0.2, -0.15) is 0 Å². The summed E-state index contributed by atoms with van der Waals surface area (Å²) in [5.74, 6) is 1.01. The van der Waals surface area contributed by atoms with Gasteiger partial charge in [0, 0.05) is 29.1 Å². The summed E-state index contributed by atoms with van der Waals surface area (Å²) in [6.07, 6.45) is 10.4. The van der Waals surface area contributed by atoms with Gasteiger partial charge in [0.15, 0.2) is 0 Å². The van der Waals surface area contributed by atoms with Crippen molar-refractivity contribution in [3.63, 3.8) is 0 Å². The van der Waals surface area contributed by atoms with Crippen LogP contribution in [0.2, 0.25) is 0 Å². The Morgan fingerprint density at radius 2 is 2.00 bits per heavy atom. The van der Waals surface area contributed by atoms with Gasteiger partial charge < -0.3 is 4.42 Å². The molecule has 0 aliphatic heterocycles. The molecule has 0 aliphatic carbocycles. The summed E-state index contributed by atoms with van der Waals surface area (Å²) in [5, 5.41) is 0. The van der Waals surface area contributed by atoms with E-state index in [2.05, 4.69) is 16.9 Å². The third-order valence-electron chi connectivity index (χ3n) is 2.76. The highest BCUT2D eigenvalue weighted by atomic mass is 16.3. The molecule has 2 rings (SSSR count). The van der Waals surface area contributed by atoms with E-state index in [1.54, 1.807) is 12.6 Å². The Kier molecular flexibility index (Phi) is 3.34. The van der Waals surface area contributed by atoms with Crippen LogP contribution in [0.4, 0.5) is 0 Å². The number of hydrogen-bond donors (Lipinski definition) is 0. The highest BCUT2D eigenvalue weighted by Gasteiger charge is 2.11. The lowest BCUT2D eigenvalue weighted by Crippen LogP contribution is -1.89. The van der Waals surface area contributed by atoms with E-state index in [0.717, 1.165) is 23.3 Å². The number of aryl methyl sites for hydroxylation is 1. The third-order valence-corrected chi connectivity index (χ3v) is 2.76. The summed E-state index contributed by atoms with van der Waals surface area (Å²) < 4.78 is 5.49. The van der Waals surface area contributed by atoms with Crippen molar-refractivity contribution < 1.29 is 4.42 Å². The second-order valence-electron chi connectivity index (χ2n) is 3.91. The Morgan fingerprint density at radius 1 is 1.25 bits per heavy atom. The Balaban J connectivity index is 2.34. The van der Waals surface area contributed by atoms with Gasteiger partial charge in [-0.15, -0.1) is 0 Å². The molecule has 0 unspecified atom stereocenters. The summed E-state index contributed by atoms with van der Waals surface area (Å²) in [6.45, 7) is 4.21. The first-order valence-corrected chi connectivity index (χ1v) is 5.65. The van der Waals surface area contributed by atoms with Crippen molar-refractivity contribution in [1.29, 1.82) is 0 Å². The van der Waals surface area contributed by atoms with Crippen LogP contribution in [0.15, 0.2) is 29.4 Å². The highest BCUT2D eigenvalue weighted by molar-refractivity contribution is 5.65. The van der Waals surface area contributed by atoms with Gasteiger partial charge in [0.2, 0.25) is 0 Å². The van der Waals surface area contributed by atoms with Gasteiger partial charge in [0.05, 0.1) is 6.26 Å². The van der Waals surface area contributed by atoms with Gasteiger partial charge in [0.1, 0.15) is 12.1 Å². The fraction of sp³-hybridized carbons (Fsp3) is 0.385. The molecule has 0 aromatic carbocycles. The third kappa shape index (κ3) is 2.13. The lowest BCUT2D eigenvalue weighted by atomic mass is 10.0. The van der Waals surface area contributed by atoms with Crippen LogP contribution in [-0.2, 0) is 6.42 Å². The van der Waals surface area contributed by atoms with Gasteiger partial charge >= 0.3 is 0 Å². The van der Waals surface area contributed by atoms with Crippen LogP contribution in [0.5, 0.6) is 0 Å². The fourth-order valence-corrected chi connectivity index (χ4v) is 1.82.